The molecule has 110 valence electrons. The summed E-state index contributed by atoms with van der Waals surface area (Å²) in [6.45, 7) is 0.405. The molecule has 1 aromatic heterocycles. The summed E-state index contributed by atoms with van der Waals surface area (Å²) in [7, 11) is -2.37. The second kappa shape index (κ2) is 5.81. The minimum atomic E-state index is -3.95. The van der Waals surface area contributed by atoms with E-state index < -0.39 is 10.1 Å². The Kier molecular flexibility index (Phi) is 4.31. The van der Waals surface area contributed by atoms with Crippen LogP contribution in [0.3, 0.4) is 0 Å². The number of hydrogen-bond acceptors (Lipinski definition) is 6. The molecule has 0 unspecified atom stereocenters. The van der Waals surface area contributed by atoms with E-state index in [1.807, 2.05) is 22.8 Å². The van der Waals surface area contributed by atoms with Crippen molar-refractivity contribution in [2.75, 3.05) is 12.9 Å². The summed E-state index contributed by atoms with van der Waals surface area (Å²) in [6, 6.07) is 5.55. The minimum absolute atomic E-state index is 0.282. The summed E-state index contributed by atoms with van der Waals surface area (Å²) in [4.78, 5) is 0.587. The van der Waals surface area contributed by atoms with Crippen molar-refractivity contribution in [2.24, 2.45) is 10.9 Å². The monoisotopic (exact) mass is 317 g/mol. The SMILES string of the molecule is COc1ccc2c(c1)s/c(=N/N)n2CCCS(=O)(=O)O. The summed E-state index contributed by atoms with van der Waals surface area (Å²) in [5.41, 5.74) is 0.898. The van der Waals surface area contributed by atoms with Crippen LogP contribution in [0.4, 0.5) is 0 Å². The fraction of sp³-hybridized carbons (Fsp3) is 0.364. The van der Waals surface area contributed by atoms with Gasteiger partial charge < -0.3 is 15.1 Å². The molecule has 0 aliphatic rings. The number of aryl methyl sites for hydroxylation is 1. The number of benzene rings is 1. The van der Waals surface area contributed by atoms with Crippen molar-refractivity contribution in [3.8, 4) is 5.75 Å². The van der Waals surface area contributed by atoms with Crippen molar-refractivity contribution in [2.45, 2.75) is 13.0 Å². The van der Waals surface area contributed by atoms with E-state index in [9.17, 15) is 8.42 Å². The molecule has 1 heterocycles. The van der Waals surface area contributed by atoms with Crippen molar-refractivity contribution in [3.63, 3.8) is 0 Å². The standard InChI is InChI=1S/C11H15N3O4S2/c1-18-8-3-4-9-10(7-8)19-11(13-12)14(9)5-2-6-20(15,16)17/h3-4,7H,2,5-6,12H2,1H3,(H,15,16,17)/b13-11+. The van der Waals surface area contributed by atoms with Crippen LogP contribution < -0.4 is 15.4 Å². The third-order valence-electron chi connectivity index (χ3n) is 2.78. The van der Waals surface area contributed by atoms with E-state index in [0.29, 0.717) is 11.3 Å². The summed E-state index contributed by atoms with van der Waals surface area (Å²) in [5.74, 6) is 5.79. The van der Waals surface area contributed by atoms with Crippen LogP contribution in [-0.4, -0.2) is 30.4 Å². The van der Waals surface area contributed by atoms with E-state index in [2.05, 4.69) is 5.10 Å². The fourth-order valence-corrected chi connectivity index (χ4v) is 3.40. The summed E-state index contributed by atoms with van der Waals surface area (Å²) >= 11 is 1.39. The summed E-state index contributed by atoms with van der Waals surface area (Å²) in [5, 5.41) is 3.71. The second-order valence-corrected chi connectivity index (χ2v) is 6.72. The van der Waals surface area contributed by atoms with Gasteiger partial charge in [0, 0.05) is 6.54 Å². The van der Waals surface area contributed by atoms with Crippen LogP contribution in [0, 0.1) is 0 Å². The Labute approximate surface area is 120 Å². The third kappa shape index (κ3) is 3.30. The first kappa shape index (κ1) is 14.8. The van der Waals surface area contributed by atoms with Gasteiger partial charge in [-0.25, -0.2) is 0 Å². The zero-order valence-corrected chi connectivity index (χ0v) is 12.4. The number of aromatic nitrogens is 1. The van der Waals surface area contributed by atoms with Gasteiger partial charge in [-0.1, -0.05) is 11.3 Å². The molecular formula is C11H15N3O4S2. The van der Waals surface area contributed by atoms with Gasteiger partial charge in [0.1, 0.15) is 5.75 Å². The third-order valence-corrected chi connectivity index (χ3v) is 4.64. The summed E-state index contributed by atoms with van der Waals surface area (Å²) < 4.78 is 38.2. The van der Waals surface area contributed by atoms with Crippen molar-refractivity contribution < 1.29 is 17.7 Å². The molecule has 2 rings (SSSR count). The topological polar surface area (TPSA) is 107 Å². The fourth-order valence-electron chi connectivity index (χ4n) is 1.90. The first-order valence-corrected chi connectivity index (χ1v) is 8.23. The first-order chi connectivity index (χ1) is 9.44. The average molecular weight is 317 g/mol. The zero-order valence-electron chi connectivity index (χ0n) is 10.8. The van der Waals surface area contributed by atoms with E-state index in [1.165, 1.54) is 11.3 Å². The Morgan fingerprint density at radius 1 is 1.50 bits per heavy atom. The Bertz CT molecular complexity index is 777. The quantitative estimate of drug-likeness (QED) is 0.481. The Morgan fingerprint density at radius 2 is 2.25 bits per heavy atom. The van der Waals surface area contributed by atoms with Crippen LogP contribution >= 0.6 is 11.3 Å². The molecule has 3 N–H and O–H groups in total. The maximum atomic E-state index is 10.7. The normalized spacial score (nSPS) is 13.0. The van der Waals surface area contributed by atoms with Gasteiger partial charge in [-0.15, -0.1) is 0 Å². The number of hydrogen-bond donors (Lipinski definition) is 2. The molecule has 0 aliphatic heterocycles. The molecule has 0 fully saturated rings. The predicted molar refractivity (Wildman–Crippen MR) is 77.2 cm³/mol. The predicted octanol–water partition coefficient (Wildman–Crippen LogP) is 0.764. The van der Waals surface area contributed by atoms with Gasteiger partial charge in [-0.2, -0.15) is 13.5 Å². The van der Waals surface area contributed by atoms with Gasteiger partial charge in [-0.05, 0) is 24.6 Å². The number of thiazole rings is 1. The van der Waals surface area contributed by atoms with Crippen molar-refractivity contribution in [1.29, 1.82) is 0 Å². The molecule has 0 amide bonds. The lowest BCUT2D eigenvalue weighted by molar-refractivity contribution is 0.415. The highest BCUT2D eigenvalue weighted by Gasteiger charge is 2.09. The zero-order chi connectivity index (χ0) is 14.8. The van der Waals surface area contributed by atoms with Gasteiger partial charge in [-0.3, -0.25) is 4.55 Å². The van der Waals surface area contributed by atoms with E-state index in [-0.39, 0.29) is 12.2 Å². The Balaban J connectivity index is 2.36. The highest BCUT2D eigenvalue weighted by atomic mass is 32.2. The van der Waals surface area contributed by atoms with E-state index in [0.717, 1.165) is 16.0 Å². The van der Waals surface area contributed by atoms with Crippen LogP contribution in [0.15, 0.2) is 23.3 Å². The van der Waals surface area contributed by atoms with Gasteiger partial charge >= 0.3 is 0 Å². The molecule has 0 spiro atoms. The number of nitrogens with zero attached hydrogens (tertiary/aromatic N) is 2. The Hall–Kier alpha value is -1.58. The molecule has 7 nitrogen and oxygen atoms in total. The van der Waals surface area contributed by atoms with Crippen molar-refractivity contribution in [3.05, 3.63) is 23.0 Å². The second-order valence-electron chi connectivity index (χ2n) is 4.14. The summed E-state index contributed by atoms with van der Waals surface area (Å²) in [6.07, 6.45) is 0.282. The lowest BCUT2D eigenvalue weighted by Crippen LogP contribution is -2.18. The molecule has 0 radical (unpaired) electrons. The van der Waals surface area contributed by atoms with Crippen LogP contribution in [-0.2, 0) is 16.7 Å². The molecule has 2 aromatic rings. The van der Waals surface area contributed by atoms with E-state index in [1.54, 1.807) is 7.11 Å². The average Bonchev–Trinajstić information content (AvgIpc) is 2.74. The Morgan fingerprint density at radius 3 is 2.85 bits per heavy atom. The minimum Gasteiger partial charge on any atom is -0.497 e. The number of ether oxygens (including phenoxy) is 1. The maximum absolute atomic E-state index is 10.7. The molecule has 0 aliphatic carbocycles. The highest BCUT2D eigenvalue weighted by molar-refractivity contribution is 7.85. The number of methoxy groups -OCH3 is 1. The van der Waals surface area contributed by atoms with Crippen molar-refractivity contribution in [1.82, 2.24) is 4.57 Å². The van der Waals surface area contributed by atoms with Crippen LogP contribution in [0.25, 0.3) is 10.2 Å². The largest absolute Gasteiger partial charge is 0.497 e. The van der Waals surface area contributed by atoms with E-state index in [4.69, 9.17) is 15.1 Å². The van der Waals surface area contributed by atoms with Crippen LogP contribution in [0.1, 0.15) is 6.42 Å². The maximum Gasteiger partial charge on any atom is 0.264 e. The van der Waals surface area contributed by atoms with Crippen LogP contribution in [0.5, 0.6) is 5.75 Å². The van der Waals surface area contributed by atoms with E-state index >= 15 is 0 Å². The number of rotatable bonds is 5. The first-order valence-electron chi connectivity index (χ1n) is 5.81. The number of fused-ring (bicyclic) bond motifs is 1. The molecule has 20 heavy (non-hydrogen) atoms. The van der Waals surface area contributed by atoms with Gasteiger partial charge in [0.2, 0.25) is 4.80 Å². The molecule has 1 aromatic carbocycles. The molecule has 9 heteroatoms. The smallest absolute Gasteiger partial charge is 0.264 e. The molecule has 0 saturated heterocycles. The highest BCUT2D eigenvalue weighted by Crippen LogP contribution is 2.23. The molecule has 0 bridgehead atoms. The number of nitrogens with two attached hydrogens (primary N) is 1. The molecule has 0 saturated carbocycles. The molecular weight excluding hydrogens is 302 g/mol. The van der Waals surface area contributed by atoms with Crippen molar-refractivity contribution >= 4 is 31.7 Å². The lowest BCUT2D eigenvalue weighted by atomic mass is 10.3. The van der Waals surface area contributed by atoms with Gasteiger partial charge in [0.15, 0.2) is 0 Å². The van der Waals surface area contributed by atoms with Gasteiger partial charge in [0.25, 0.3) is 10.1 Å². The molecule has 0 atom stereocenters. The van der Waals surface area contributed by atoms with Gasteiger partial charge in [0.05, 0.1) is 23.1 Å². The van der Waals surface area contributed by atoms with Crippen LogP contribution in [0.2, 0.25) is 0 Å². The lowest BCUT2D eigenvalue weighted by Gasteiger charge is -2.04.